The second-order valence-electron chi connectivity index (χ2n) is 2.72. The zero-order chi connectivity index (χ0) is 10.7. The molecule has 0 aromatic heterocycles. The second-order valence-corrected chi connectivity index (χ2v) is 3.51. The molecule has 0 saturated carbocycles. The largest absolute Gasteiger partial charge is 0.493 e. The summed E-state index contributed by atoms with van der Waals surface area (Å²) in [7, 11) is 0. The molecular weight excluding hydrogens is 223 g/mol. The highest BCUT2D eigenvalue weighted by atomic mass is 35.5. The van der Waals surface area contributed by atoms with Crippen molar-refractivity contribution in [2.45, 2.75) is 13.8 Å². The van der Waals surface area contributed by atoms with Gasteiger partial charge in [-0.1, -0.05) is 23.2 Å². The van der Waals surface area contributed by atoms with Gasteiger partial charge in [-0.3, -0.25) is 4.79 Å². The Bertz CT molecular complexity index is 361. The Hall–Kier alpha value is -0.730. The fourth-order valence-electron chi connectivity index (χ4n) is 1.14. The molecule has 0 atom stereocenters. The van der Waals surface area contributed by atoms with Gasteiger partial charge in [-0.25, -0.2) is 0 Å². The zero-order valence-electron chi connectivity index (χ0n) is 7.93. The molecular formula is C10H10Cl2O2. The number of hydrogen-bond acceptors (Lipinski definition) is 2. The summed E-state index contributed by atoms with van der Waals surface area (Å²) in [5.41, 5.74) is 0.348. The summed E-state index contributed by atoms with van der Waals surface area (Å²) in [6.07, 6.45) is 0. The highest BCUT2D eigenvalue weighted by Crippen LogP contribution is 2.33. The average molecular weight is 233 g/mol. The van der Waals surface area contributed by atoms with Crippen LogP contribution in [0.15, 0.2) is 12.1 Å². The molecule has 0 radical (unpaired) electrons. The lowest BCUT2D eigenvalue weighted by molar-refractivity contribution is 0.101. The van der Waals surface area contributed by atoms with Gasteiger partial charge in [-0.2, -0.15) is 0 Å². The lowest BCUT2D eigenvalue weighted by Crippen LogP contribution is -2.01. The Kier molecular flexibility index (Phi) is 3.78. The van der Waals surface area contributed by atoms with Gasteiger partial charge in [0.25, 0.3) is 0 Å². The van der Waals surface area contributed by atoms with Crippen molar-refractivity contribution >= 4 is 29.0 Å². The summed E-state index contributed by atoms with van der Waals surface area (Å²) in [6.45, 7) is 3.75. The number of rotatable bonds is 3. The number of hydrogen-bond donors (Lipinski definition) is 0. The van der Waals surface area contributed by atoms with Gasteiger partial charge in [0.1, 0.15) is 5.75 Å². The number of carbonyl (C=O) groups is 1. The normalized spacial score (nSPS) is 10.0. The minimum absolute atomic E-state index is 0.152. The molecule has 0 spiro atoms. The third-order valence-corrected chi connectivity index (χ3v) is 2.51. The summed E-state index contributed by atoms with van der Waals surface area (Å²) in [5.74, 6) is 0.329. The Labute approximate surface area is 92.8 Å². The van der Waals surface area contributed by atoms with E-state index in [1.807, 2.05) is 6.92 Å². The van der Waals surface area contributed by atoms with Crippen molar-refractivity contribution < 1.29 is 9.53 Å². The summed E-state index contributed by atoms with van der Waals surface area (Å²) in [6, 6.07) is 3.26. The van der Waals surface area contributed by atoms with Crippen molar-refractivity contribution in [3.63, 3.8) is 0 Å². The second kappa shape index (κ2) is 4.67. The molecule has 1 rings (SSSR count). The van der Waals surface area contributed by atoms with Crippen molar-refractivity contribution in [3.05, 3.63) is 27.7 Å². The van der Waals surface area contributed by atoms with E-state index >= 15 is 0 Å². The molecule has 0 aliphatic carbocycles. The number of ketones is 1. The molecule has 0 unspecified atom stereocenters. The van der Waals surface area contributed by atoms with Crippen LogP contribution in [0.2, 0.25) is 10.0 Å². The molecule has 0 aliphatic rings. The van der Waals surface area contributed by atoms with Crippen molar-refractivity contribution in [2.24, 2.45) is 0 Å². The van der Waals surface area contributed by atoms with E-state index in [1.54, 1.807) is 12.1 Å². The van der Waals surface area contributed by atoms with Crippen molar-refractivity contribution in [1.82, 2.24) is 0 Å². The first-order chi connectivity index (χ1) is 6.57. The maximum Gasteiger partial charge on any atom is 0.165 e. The van der Waals surface area contributed by atoms with Crippen LogP contribution in [0.3, 0.4) is 0 Å². The highest BCUT2D eigenvalue weighted by Gasteiger charge is 2.15. The molecule has 0 bridgehead atoms. The Morgan fingerprint density at radius 2 is 2.07 bits per heavy atom. The fraction of sp³-hybridized carbons (Fsp3) is 0.300. The molecule has 2 nitrogen and oxygen atoms in total. The first-order valence-electron chi connectivity index (χ1n) is 4.19. The Balaban J connectivity index is 3.30. The van der Waals surface area contributed by atoms with Gasteiger partial charge in [0, 0.05) is 0 Å². The maximum atomic E-state index is 11.3. The molecule has 1 aromatic carbocycles. The molecule has 1 aromatic rings. The smallest absolute Gasteiger partial charge is 0.165 e. The van der Waals surface area contributed by atoms with E-state index in [1.165, 1.54) is 6.92 Å². The molecule has 0 aliphatic heterocycles. The van der Waals surface area contributed by atoms with Crippen molar-refractivity contribution in [2.75, 3.05) is 6.61 Å². The molecule has 0 saturated heterocycles. The van der Waals surface area contributed by atoms with Crippen LogP contribution >= 0.6 is 23.2 Å². The minimum Gasteiger partial charge on any atom is -0.493 e. The Morgan fingerprint density at radius 3 is 2.57 bits per heavy atom. The van der Waals surface area contributed by atoms with E-state index in [4.69, 9.17) is 27.9 Å². The highest BCUT2D eigenvalue weighted by molar-refractivity contribution is 6.44. The predicted molar refractivity (Wildman–Crippen MR) is 57.6 cm³/mol. The van der Waals surface area contributed by atoms with E-state index in [0.717, 1.165) is 0 Å². The molecule has 0 heterocycles. The standard InChI is InChI=1S/C10H10Cl2O2/c1-3-14-8-5-4-7(11)10(12)9(8)6(2)13/h4-5H,3H2,1-2H3. The van der Waals surface area contributed by atoms with Crippen LogP contribution in [0.4, 0.5) is 0 Å². The molecule has 0 fully saturated rings. The van der Waals surface area contributed by atoms with Crippen LogP contribution < -0.4 is 4.74 Å². The van der Waals surface area contributed by atoms with Crippen LogP contribution in [-0.2, 0) is 0 Å². The van der Waals surface area contributed by atoms with E-state index < -0.39 is 0 Å². The lowest BCUT2D eigenvalue weighted by atomic mass is 10.1. The van der Waals surface area contributed by atoms with Gasteiger partial charge in [0.15, 0.2) is 5.78 Å². The number of Topliss-reactive ketones (excluding diaryl/α,β-unsaturated/α-hetero) is 1. The lowest BCUT2D eigenvalue weighted by Gasteiger charge is -2.10. The quantitative estimate of drug-likeness (QED) is 0.745. The first kappa shape index (κ1) is 11.3. The third kappa shape index (κ3) is 2.20. The molecule has 76 valence electrons. The number of carbonyl (C=O) groups excluding carboxylic acids is 1. The topological polar surface area (TPSA) is 26.3 Å². The van der Waals surface area contributed by atoms with E-state index in [0.29, 0.717) is 22.9 Å². The molecule has 14 heavy (non-hydrogen) atoms. The van der Waals surface area contributed by atoms with E-state index in [2.05, 4.69) is 0 Å². The fourth-order valence-corrected chi connectivity index (χ4v) is 1.58. The predicted octanol–water partition coefficient (Wildman–Crippen LogP) is 3.59. The van der Waals surface area contributed by atoms with Crippen molar-refractivity contribution in [3.8, 4) is 5.75 Å². The number of ether oxygens (including phenoxy) is 1. The Morgan fingerprint density at radius 1 is 1.43 bits per heavy atom. The van der Waals surface area contributed by atoms with Crippen molar-refractivity contribution in [1.29, 1.82) is 0 Å². The average Bonchev–Trinajstić information content (AvgIpc) is 2.11. The van der Waals surface area contributed by atoms with E-state index in [9.17, 15) is 4.79 Å². The van der Waals surface area contributed by atoms with Crippen LogP contribution in [0.5, 0.6) is 5.75 Å². The zero-order valence-corrected chi connectivity index (χ0v) is 9.45. The molecule has 4 heteroatoms. The van der Waals surface area contributed by atoms with Gasteiger partial charge in [0.05, 0.1) is 22.2 Å². The van der Waals surface area contributed by atoms with Gasteiger partial charge < -0.3 is 4.74 Å². The summed E-state index contributed by atoms with van der Waals surface area (Å²) < 4.78 is 5.27. The molecule has 0 N–H and O–H groups in total. The van der Waals surface area contributed by atoms with Crippen LogP contribution in [0.1, 0.15) is 24.2 Å². The van der Waals surface area contributed by atoms with Gasteiger partial charge >= 0.3 is 0 Å². The van der Waals surface area contributed by atoms with Crippen LogP contribution in [0.25, 0.3) is 0 Å². The number of benzene rings is 1. The SMILES string of the molecule is CCOc1ccc(Cl)c(Cl)c1C(C)=O. The van der Waals surface area contributed by atoms with E-state index in [-0.39, 0.29) is 10.8 Å². The first-order valence-corrected chi connectivity index (χ1v) is 4.95. The minimum atomic E-state index is -0.152. The number of halogens is 2. The maximum absolute atomic E-state index is 11.3. The van der Waals surface area contributed by atoms with Crippen LogP contribution in [-0.4, -0.2) is 12.4 Å². The summed E-state index contributed by atoms with van der Waals surface area (Å²) in [5, 5.41) is 0.616. The van der Waals surface area contributed by atoms with Crippen LogP contribution in [0, 0.1) is 0 Å². The summed E-state index contributed by atoms with van der Waals surface area (Å²) >= 11 is 11.7. The molecule has 0 amide bonds. The third-order valence-electron chi connectivity index (χ3n) is 1.71. The monoisotopic (exact) mass is 232 g/mol. The van der Waals surface area contributed by atoms with Gasteiger partial charge in [-0.05, 0) is 26.0 Å². The summed E-state index contributed by atoms with van der Waals surface area (Å²) in [4.78, 5) is 11.3. The van der Waals surface area contributed by atoms with Gasteiger partial charge in [-0.15, -0.1) is 0 Å². The van der Waals surface area contributed by atoms with Gasteiger partial charge in [0.2, 0.25) is 0 Å².